The predicted octanol–water partition coefficient (Wildman–Crippen LogP) is -0.520. The summed E-state index contributed by atoms with van der Waals surface area (Å²) in [5, 5.41) is 13.3. The minimum absolute atomic E-state index is 0.260. The molecule has 5 heteroatoms. The molecule has 0 saturated carbocycles. The summed E-state index contributed by atoms with van der Waals surface area (Å²) in [5.41, 5.74) is 5.44. The molecule has 0 aromatic carbocycles. The van der Waals surface area contributed by atoms with Crippen LogP contribution in [0.3, 0.4) is 0 Å². The quantitative estimate of drug-likeness (QED) is 0.580. The van der Waals surface area contributed by atoms with Crippen LogP contribution >= 0.6 is 0 Å². The lowest BCUT2D eigenvalue weighted by Crippen LogP contribution is -2.34. The summed E-state index contributed by atoms with van der Waals surface area (Å²) in [7, 11) is 0. The van der Waals surface area contributed by atoms with Crippen LogP contribution in [0.25, 0.3) is 0 Å². The van der Waals surface area contributed by atoms with E-state index < -0.39 is 0 Å². The summed E-state index contributed by atoms with van der Waals surface area (Å²) in [4.78, 5) is 0. The maximum absolute atomic E-state index is 5.70. The van der Waals surface area contributed by atoms with Crippen molar-refractivity contribution < 1.29 is 0 Å². The summed E-state index contributed by atoms with van der Waals surface area (Å²) in [6.07, 6.45) is 0.642. The lowest BCUT2D eigenvalue weighted by Gasteiger charge is -2.14. The lowest BCUT2D eigenvalue weighted by atomic mass is 10.0. The van der Waals surface area contributed by atoms with Gasteiger partial charge in [0.05, 0.1) is 0 Å². The molecule has 1 rings (SSSR count). The van der Waals surface area contributed by atoms with Gasteiger partial charge in [0.2, 0.25) is 0 Å². The third-order valence-corrected chi connectivity index (χ3v) is 1.00. The fourth-order valence-corrected chi connectivity index (χ4v) is 0.665. The van der Waals surface area contributed by atoms with Crippen molar-refractivity contribution in [2.75, 3.05) is 0 Å². The van der Waals surface area contributed by atoms with Crippen molar-refractivity contribution >= 4 is 0 Å². The summed E-state index contributed by atoms with van der Waals surface area (Å²) < 4.78 is 0. The average Bonchev–Trinajstić information content (AvgIpc) is 2.12. The van der Waals surface area contributed by atoms with Crippen molar-refractivity contribution in [3.05, 3.63) is 5.82 Å². The fourth-order valence-electron chi connectivity index (χ4n) is 0.665. The van der Waals surface area contributed by atoms with Crippen molar-refractivity contribution in [3.63, 3.8) is 0 Å². The Labute approximate surface area is 59.0 Å². The molecule has 1 aromatic heterocycles. The third kappa shape index (κ3) is 2.10. The smallest absolute Gasteiger partial charge is 0.176 e. The minimum atomic E-state index is -0.260. The number of tetrazole rings is 1. The normalized spacial score (nSPS) is 11.9. The third-order valence-electron chi connectivity index (χ3n) is 1.00. The van der Waals surface area contributed by atoms with Gasteiger partial charge in [-0.05, 0) is 13.8 Å². The van der Waals surface area contributed by atoms with Crippen LogP contribution in [0.15, 0.2) is 0 Å². The molecule has 1 aromatic rings. The predicted molar refractivity (Wildman–Crippen MR) is 36.1 cm³/mol. The highest BCUT2D eigenvalue weighted by Crippen LogP contribution is 2.02. The second-order valence-electron chi connectivity index (χ2n) is 2.99. The molecule has 0 aliphatic rings. The zero-order chi connectivity index (χ0) is 7.61. The maximum atomic E-state index is 5.70. The largest absolute Gasteiger partial charge is 0.325 e. The Balaban J connectivity index is 2.57. The number of hydrogen-bond acceptors (Lipinski definition) is 4. The standard InChI is InChI=1S/C5H11N5/c1-5(2,6)3-4-7-9-10-8-4/h3,6H2,1-2H3,(H,7,8,9,10). The van der Waals surface area contributed by atoms with Gasteiger partial charge in [-0.2, -0.15) is 5.21 Å². The van der Waals surface area contributed by atoms with Crippen LogP contribution in [0.2, 0.25) is 0 Å². The summed E-state index contributed by atoms with van der Waals surface area (Å²) in [6, 6.07) is 0. The van der Waals surface area contributed by atoms with Gasteiger partial charge in [-0.3, -0.25) is 0 Å². The maximum Gasteiger partial charge on any atom is 0.176 e. The van der Waals surface area contributed by atoms with Crippen molar-refractivity contribution in [2.24, 2.45) is 5.73 Å². The molecule has 0 spiro atoms. The monoisotopic (exact) mass is 141 g/mol. The van der Waals surface area contributed by atoms with E-state index >= 15 is 0 Å². The second kappa shape index (κ2) is 2.34. The Bertz CT molecular complexity index is 184. The Morgan fingerprint density at radius 2 is 2.30 bits per heavy atom. The first-order chi connectivity index (χ1) is 4.58. The molecule has 0 bridgehead atoms. The minimum Gasteiger partial charge on any atom is -0.325 e. The van der Waals surface area contributed by atoms with Crippen molar-refractivity contribution in [1.82, 2.24) is 20.6 Å². The number of aromatic amines is 1. The van der Waals surface area contributed by atoms with Crippen molar-refractivity contribution in [2.45, 2.75) is 25.8 Å². The van der Waals surface area contributed by atoms with E-state index in [1.54, 1.807) is 0 Å². The van der Waals surface area contributed by atoms with Crippen molar-refractivity contribution in [1.29, 1.82) is 0 Å². The highest BCUT2D eigenvalue weighted by molar-refractivity contribution is 4.87. The first kappa shape index (κ1) is 7.14. The molecular weight excluding hydrogens is 130 g/mol. The molecule has 56 valence electrons. The first-order valence-corrected chi connectivity index (χ1v) is 3.09. The van der Waals surface area contributed by atoms with Gasteiger partial charge >= 0.3 is 0 Å². The van der Waals surface area contributed by atoms with Gasteiger partial charge in [-0.15, -0.1) is 10.2 Å². The highest BCUT2D eigenvalue weighted by Gasteiger charge is 2.13. The lowest BCUT2D eigenvalue weighted by molar-refractivity contribution is 0.502. The number of nitrogens with one attached hydrogen (secondary N) is 1. The SMILES string of the molecule is CC(C)(N)Cc1nn[nH]n1. The van der Waals surface area contributed by atoms with Gasteiger partial charge < -0.3 is 5.73 Å². The molecule has 0 fully saturated rings. The number of aromatic nitrogens is 4. The fraction of sp³-hybridized carbons (Fsp3) is 0.800. The van der Waals surface area contributed by atoms with Gasteiger partial charge in [0.25, 0.3) is 0 Å². The van der Waals surface area contributed by atoms with Crippen LogP contribution in [0, 0.1) is 0 Å². The zero-order valence-electron chi connectivity index (χ0n) is 6.13. The molecule has 10 heavy (non-hydrogen) atoms. The van der Waals surface area contributed by atoms with Crippen LogP contribution in [0.1, 0.15) is 19.7 Å². The number of nitrogens with two attached hydrogens (primary N) is 1. The molecule has 0 aliphatic heterocycles. The van der Waals surface area contributed by atoms with Crippen LogP contribution in [0.5, 0.6) is 0 Å². The van der Waals surface area contributed by atoms with E-state index in [0.29, 0.717) is 12.2 Å². The molecule has 0 amide bonds. The Hall–Kier alpha value is -0.970. The molecular formula is C5H11N5. The Kier molecular flexibility index (Phi) is 1.67. The molecule has 1 heterocycles. The molecule has 3 N–H and O–H groups in total. The van der Waals surface area contributed by atoms with Gasteiger partial charge in [0, 0.05) is 12.0 Å². The number of H-pyrrole nitrogens is 1. The Morgan fingerprint density at radius 1 is 1.60 bits per heavy atom. The van der Waals surface area contributed by atoms with Crippen LogP contribution in [-0.2, 0) is 6.42 Å². The van der Waals surface area contributed by atoms with E-state index in [2.05, 4.69) is 20.6 Å². The molecule has 0 atom stereocenters. The van der Waals surface area contributed by atoms with Crippen molar-refractivity contribution in [3.8, 4) is 0 Å². The van der Waals surface area contributed by atoms with E-state index in [4.69, 9.17) is 5.73 Å². The topological polar surface area (TPSA) is 80.5 Å². The highest BCUT2D eigenvalue weighted by atomic mass is 15.5. The van der Waals surface area contributed by atoms with E-state index in [9.17, 15) is 0 Å². The molecule has 0 aliphatic carbocycles. The molecule has 0 unspecified atom stereocenters. The van der Waals surface area contributed by atoms with E-state index in [0.717, 1.165) is 0 Å². The van der Waals surface area contributed by atoms with Gasteiger partial charge in [-0.25, -0.2) is 0 Å². The van der Waals surface area contributed by atoms with Gasteiger partial charge in [0.1, 0.15) is 0 Å². The van der Waals surface area contributed by atoms with Gasteiger partial charge in [-0.1, -0.05) is 5.21 Å². The van der Waals surface area contributed by atoms with E-state index in [1.165, 1.54) is 0 Å². The molecule has 0 radical (unpaired) electrons. The molecule has 0 saturated heterocycles. The molecule has 5 nitrogen and oxygen atoms in total. The number of nitrogens with zero attached hydrogens (tertiary/aromatic N) is 3. The average molecular weight is 141 g/mol. The van der Waals surface area contributed by atoms with Crippen LogP contribution in [0.4, 0.5) is 0 Å². The summed E-state index contributed by atoms with van der Waals surface area (Å²) >= 11 is 0. The van der Waals surface area contributed by atoms with E-state index in [1.807, 2.05) is 13.8 Å². The summed E-state index contributed by atoms with van der Waals surface area (Å²) in [6.45, 7) is 3.84. The zero-order valence-corrected chi connectivity index (χ0v) is 6.13. The van der Waals surface area contributed by atoms with Crippen LogP contribution in [-0.4, -0.2) is 26.2 Å². The first-order valence-electron chi connectivity index (χ1n) is 3.09. The summed E-state index contributed by atoms with van der Waals surface area (Å²) in [5.74, 6) is 0.660. The van der Waals surface area contributed by atoms with Gasteiger partial charge in [0.15, 0.2) is 5.82 Å². The second-order valence-corrected chi connectivity index (χ2v) is 2.99. The number of hydrogen-bond donors (Lipinski definition) is 2. The number of rotatable bonds is 2. The Morgan fingerprint density at radius 3 is 2.70 bits per heavy atom. The van der Waals surface area contributed by atoms with Crippen LogP contribution < -0.4 is 5.73 Å². The van der Waals surface area contributed by atoms with E-state index in [-0.39, 0.29) is 5.54 Å².